The van der Waals surface area contributed by atoms with Crippen LogP contribution in [0.25, 0.3) is 0 Å². The fraction of sp³-hybridized carbons (Fsp3) is 0.0667. The average molecular weight is 286 g/mol. The number of ether oxygens (including phenoxy) is 1. The van der Waals surface area contributed by atoms with Crippen LogP contribution < -0.4 is 5.32 Å². The lowest BCUT2D eigenvalue weighted by atomic mass is 10.1. The molecule has 0 aromatic heterocycles. The predicted molar refractivity (Wildman–Crippen MR) is 74.3 cm³/mol. The monoisotopic (exact) mass is 286 g/mol. The first-order chi connectivity index (χ1) is 10.0. The van der Waals surface area contributed by atoms with Gasteiger partial charge in [0.15, 0.2) is 11.5 Å². The van der Waals surface area contributed by atoms with Gasteiger partial charge in [0, 0.05) is 5.69 Å². The van der Waals surface area contributed by atoms with Crippen molar-refractivity contribution in [2.75, 3.05) is 12.4 Å². The Kier molecular flexibility index (Phi) is 4.08. The molecule has 3 N–H and O–H groups in total. The fourth-order valence-electron chi connectivity index (χ4n) is 1.69. The minimum absolute atomic E-state index is 0.126. The third-order valence-corrected chi connectivity index (χ3v) is 2.73. The first-order valence-electron chi connectivity index (χ1n) is 5.94. The normalized spacial score (nSPS) is 9.95. The van der Waals surface area contributed by atoms with E-state index in [1.807, 2.05) is 0 Å². The summed E-state index contributed by atoms with van der Waals surface area (Å²) in [6.07, 6.45) is 0. The number of rotatable bonds is 3. The van der Waals surface area contributed by atoms with Crippen LogP contribution in [-0.2, 0) is 4.74 Å². The van der Waals surface area contributed by atoms with Crippen molar-refractivity contribution in [2.24, 2.45) is 0 Å². The molecule has 1 radical (unpaired) electrons. The second-order valence-electron chi connectivity index (χ2n) is 4.13. The Morgan fingerprint density at radius 3 is 2.71 bits per heavy atom. The number of methoxy groups -OCH3 is 1. The summed E-state index contributed by atoms with van der Waals surface area (Å²) >= 11 is 0. The van der Waals surface area contributed by atoms with Gasteiger partial charge in [-0.15, -0.1) is 0 Å². The molecular formula is C15H12NO5. The Hall–Kier alpha value is -3.02. The number of benzene rings is 2. The first kappa shape index (κ1) is 14.4. The van der Waals surface area contributed by atoms with Crippen LogP contribution in [0.5, 0.6) is 11.5 Å². The molecule has 0 bridgehead atoms. The van der Waals surface area contributed by atoms with Gasteiger partial charge in [-0.1, -0.05) is 6.07 Å². The van der Waals surface area contributed by atoms with E-state index in [1.165, 1.54) is 19.2 Å². The Balaban J connectivity index is 2.24. The molecule has 1 amide bonds. The van der Waals surface area contributed by atoms with Crippen LogP contribution in [0, 0.1) is 6.07 Å². The summed E-state index contributed by atoms with van der Waals surface area (Å²) < 4.78 is 4.59. The number of carbonyl (C=O) groups is 2. The number of phenols is 2. The third-order valence-electron chi connectivity index (χ3n) is 2.73. The lowest BCUT2D eigenvalue weighted by Gasteiger charge is -2.08. The summed E-state index contributed by atoms with van der Waals surface area (Å²) in [5.74, 6) is -2.14. The molecule has 6 nitrogen and oxygen atoms in total. The van der Waals surface area contributed by atoms with E-state index >= 15 is 0 Å². The maximum atomic E-state index is 12.0. The van der Waals surface area contributed by atoms with Crippen LogP contribution in [0.4, 0.5) is 5.69 Å². The smallest absolute Gasteiger partial charge is 0.337 e. The van der Waals surface area contributed by atoms with E-state index in [4.69, 9.17) is 0 Å². The first-order valence-corrected chi connectivity index (χ1v) is 5.94. The number of anilines is 1. The van der Waals surface area contributed by atoms with Gasteiger partial charge in [-0.05, 0) is 36.4 Å². The summed E-state index contributed by atoms with van der Waals surface area (Å²) in [6, 6.07) is 11.1. The van der Waals surface area contributed by atoms with E-state index in [-0.39, 0.29) is 11.1 Å². The van der Waals surface area contributed by atoms with Crippen molar-refractivity contribution in [1.82, 2.24) is 0 Å². The van der Waals surface area contributed by atoms with Gasteiger partial charge in [-0.3, -0.25) is 4.79 Å². The van der Waals surface area contributed by atoms with Gasteiger partial charge in [0.05, 0.1) is 18.2 Å². The summed E-state index contributed by atoms with van der Waals surface area (Å²) in [5.41, 5.74) is 0.506. The number of nitrogens with one attached hydrogen (secondary N) is 1. The van der Waals surface area contributed by atoms with Crippen LogP contribution in [-0.4, -0.2) is 29.2 Å². The summed E-state index contributed by atoms with van der Waals surface area (Å²) in [6.45, 7) is 0. The van der Waals surface area contributed by atoms with E-state index in [0.29, 0.717) is 5.69 Å². The largest absolute Gasteiger partial charge is 0.504 e. The van der Waals surface area contributed by atoms with Crippen LogP contribution in [0.2, 0.25) is 0 Å². The molecule has 0 spiro atoms. The van der Waals surface area contributed by atoms with Crippen LogP contribution in [0.1, 0.15) is 20.7 Å². The third kappa shape index (κ3) is 3.11. The summed E-state index contributed by atoms with van der Waals surface area (Å²) in [4.78, 5) is 23.4. The van der Waals surface area contributed by atoms with Gasteiger partial charge in [-0.2, -0.15) is 0 Å². The van der Waals surface area contributed by atoms with Crippen molar-refractivity contribution in [2.45, 2.75) is 0 Å². The molecule has 21 heavy (non-hydrogen) atoms. The average Bonchev–Trinajstić information content (AvgIpc) is 2.49. The number of carbonyl (C=O) groups excluding carboxylic acids is 2. The molecule has 2 aromatic carbocycles. The molecular weight excluding hydrogens is 274 g/mol. The molecule has 107 valence electrons. The summed E-state index contributed by atoms with van der Waals surface area (Å²) in [7, 11) is 1.26. The number of aromatic hydroxyl groups is 2. The van der Waals surface area contributed by atoms with Gasteiger partial charge >= 0.3 is 5.97 Å². The molecule has 2 aromatic rings. The van der Waals surface area contributed by atoms with Gasteiger partial charge in [0.25, 0.3) is 5.91 Å². The lowest BCUT2D eigenvalue weighted by Crippen LogP contribution is -2.12. The minimum atomic E-state index is -0.637. The van der Waals surface area contributed by atoms with Gasteiger partial charge < -0.3 is 20.3 Å². The molecule has 0 aliphatic carbocycles. The molecule has 0 aliphatic rings. The quantitative estimate of drug-likeness (QED) is 0.592. The van der Waals surface area contributed by atoms with E-state index in [9.17, 15) is 19.8 Å². The zero-order valence-corrected chi connectivity index (χ0v) is 11.1. The Bertz CT molecular complexity index is 696. The highest BCUT2D eigenvalue weighted by molar-refractivity contribution is 6.07. The van der Waals surface area contributed by atoms with Crippen molar-refractivity contribution >= 4 is 17.6 Å². The van der Waals surface area contributed by atoms with Gasteiger partial charge in [-0.25, -0.2) is 4.79 Å². The van der Waals surface area contributed by atoms with E-state index in [1.54, 1.807) is 18.2 Å². The Morgan fingerprint density at radius 1 is 1.24 bits per heavy atom. The molecule has 0 aliphatic heterocycles. The number of amides is 1. The molecule has 0 fully saturated rings. The topological polar surface area (TPSA) is 95.9 Å². The van der Waals surface area contributed by atoms with E-state index < -0.39 is 23.4 Å². The second-order valence-corrected chi connectivity index (χ2v) is 4.13. The van der Waals surface area contributed by atoms with Crippen LogP contribution in [0.3, 0.4) is 0 Å². The van der Waals surface area contributed by atoms with Crippen LogP contribution in [0.15, 0.2) is 36.4 Å². The second kappa shape index (κ2) is 5.96. The Labute approximate surface area is 120 Å². The van der Waals surface area contributed by atoms with E-state index in [2.05, 4.69) is 16.1 Å². The van der Waals surface area contributed by atoms with Crippen LogP contribution >= 0.6 is 0 Å². The van der Waals surface area contributed by atoms with E-state index in [0.717, 1.165) is 6.07 Å². The van der Waals surface area contributed by atoms with Crippen molar-refractivity contribution in [1.29, 1.82) is 0 Å². The molecule has 0 saturated carbocycles. The molecule has 0 unspecified atom stereocenters. The van der Waals surface area contributed by atoms with Crippen molar-refractivity contribution in [3.8, 4) is 11.5 Å². The van der Waals surface area contributed by atoms with Gasteiger partial charge in [0.1, 0.15) is 0 Å². The maximum Gasteiger partial charge on any atom is 0.337 e. The SMILES string of the molecule is COC(=O)c1cccc(NC(=O)c2c[c]cc(O)c2O)c1. The Morgan fingerprint density at radius 2 is 2.00 bits per heavy atom. The van der Waals surface area contributed by atoms with Crippen molar-refractivity contribution in [3.05, 3.63) is 53.6 Å². The number of esters is 1. The maximum absolute atomic E-state index is 12.0. The molecule has 6 heteroatoms. The summed E-state index contributed by atoms with van der Waals surface area (Å²) in [5, 5.41) is 21.5. The zero-order valence-electron chi connectivity index (χ0n) is 11.1. The molecule has 2 rings (SSSR count). The van der Waals surface area contributed by atoms with Crippen molar-refractivity contribution < 1.29 is 24.5 Å². The van der Waals surface area contributed by atoms with Gasteiger partial charge in [0.2, 0.25) is 0 Å². The minimum Gasteiger partial charge on any atom is -0.504 e. The fourth-order valence-corrected chi connectivity index (χ4v) is 1.69. The number of phenolic OH excluding ortho intramolecular Hbond substituents is 2. The number of hydrogen-bond donors (Lipinski definition) is 3. The standard InChI is InChI=1S/C15H12NO5/c1-21-15(20)9-4-2-5-10(8-9)16-14(19)11-6-3-7-12(17)13(11)18/h2,4-8,17-18H,1H3,(H,16,19). The molecule has 0 atom stereocenters. The lowest BCUT2D eigenvalue weighted by molar-refractivity contribution is 0.0600. The zero-order chi connectivity index (χ0) is 15.4. The van der Waals surface area contributed by atoms with Crippen molar-refractivity contribution in [3.63, 3.8) is 0 Å². The predicted octanol–water partition coefficient (Wildman–Crippen LogP) is 1.94. The highest BCUT2D eigenvalue weighted by atomic mass is 16.5. The molecule has 0 heterocycles. The number of hydrogen-bond acceptors (Lipinski definition) is 5. The highest BCUT2D eigenvalue weighted by Gasteiger charge is 2.15. The molecule has 0 saturated heterocycles. The highest BCUT2D eigenvalue weighted by Crippen LogP contribution is 2.28.